The van der Waals surface area contributed by atoms with Crippen molar-refractivity contribution >= 4 is 17.3 Å². The number of fused-ring (bicyclic) bond motifs is 2. The Labute approximate surface area is 148 Å². The lowest BCUT2D eigenvalue weighted by Crippen LogP contribution is -2.55. The molecule has 2 atom stereocenters. The van der Waals surface area contributed by atoms with Gasteiger partial charge in [-0.2, -0.15) is 0 Å². The van der Waals surface area contributed by atoms with Gasteiger partial charge in [-0.25, -0.2) is 4.79 Å². The molecule has 1 fully saturated rings. The second-order valence-electron chi connectivity index (χ2n) is 7.81. The number of methoxy groups -OCH3 is 1. The van der Waals surface area contributed by atoms with E-state index in [0.29, 0.717) is 17.7 Å². The summed E-state index contributed by atoms with van der Waals surface area (Å²) in [4.78, 5) is 25.9. The molecule has 2 aliphatic heterocycles. The minimum absolute atomic E-state index is 0.259. The Balaban J connectivity index is 2.13. The lowest BCUT2D eigenvalue weighted by molar-refractivity contribution is -0.192. The molecule has 1 saturated heterocycles. The number of ketones is 1. The van der Waals surface area contributed by atoms with Gasteiger partial charge >= 0.3 is 5.97 Å². The fourth-order valence-electron chi connectivity index (χ4n) is 3.40. The number of carbonyl (C=O) groups excluding carboxylic acids is 2. The summed E-state index contributed by atoms with van der Waals surface area (Å²) in [5.74, 6) is -0.259. The third-order valence-corrected chi connectivity index (χ3v) is 4.52. The normalized spacial score (nSPS) is 28.5. The SMILES string of the molecule is COc1cccc(C2=C[C@@]3(C)CCC(=O)[C@]2(C(=O)OC(C)(C)C)O3)c1. The van der Waals surface area contributed by atoms with Crippen molar-refractivity contribution in [3.8, 4) is 5.75 Å². The highest BCUT2D eigenvalue weighted by Gasteiger charge is 2.62. The molecule has 0 radical (unpaired) electrons. The monoisotopic (exact) mass is 344 g/mol. The van der Waals surface area contributed by atoms with Crippen molar-refractivity contribution in [2.75, 3.05) is 7.11 Å². The van der Waals surface area contributed by atoms with Gasteiger partial charge in [0, 0.05) is 12.0 Å². The standard InChI is InChI=1S/C20H24O5/c1-18(2,3)24-17(22)20-15(13-7-6-8-14(11-13)23-5)12-19(4,25-20)10-9-16(20)21/h6-8,11-12H,9-10H2,1-5H3/t19-,20-/m1/s1. The minimum Gasteiger partial charge on any atom is -0.497 e. The van der Waals surface area contributed by atoms with Crippen molar-refractivity contribution in [3.63, 3.8) is 0 Å². The topological polar surface area (TPSA) is 61.8 Å². The van der Waals surface area contributed by atoms with E-state index in [0.717, 1.165) is 5.56 Å². The first-order valence-electron chi connectivity index (χ1n) is 8.44. The molecule has 2 heterocycles. The summed E-state index contributed by atoms with van der Waals surface area (Å²) in [5.41, 5.74) is -1.81. The van der Waals surface area contributed by atoms with Gasteiger partial charge in [0.25, 0.3) is 0 Å². The van der Waals surface area contributed by atoms with Crippen LogP contribution in [0.15, 0.2) is 30.3 Å². The Morgan fingerprint density at radius 2 is 2.00 bits per heavy atom. The van der Waals surface area contributed by atoms with E-state index in [1.807, 2.05) is 31.2 Å². The molecule has 0 aromatic heterocycles. The lowest BCUT2D eigenvalue weighted by Gasteiger charge is -2.38. The largest absolute Gasteiger partial charge is 0.497 e. The summed E-state index contributed by atoms with van der Waals surface area (Å²) in [6, 6.07) is 7.29. The van der Waals surface area contributed by atoms with Gasteiger partial charge < -0.3 is 14.2 Å². The number of esters is 1. The molecule has 3 rings (SSSR count). The number of carbonyl (C=O) groups is 2. The van der Waals surface area contributed by atoms with Crippen molar-refractivity contribution in [2.45, 2.75) is 57.3 Å². The Bertz CT molecular complexity index is 758. The maximum atomic E-state index is 13.0. The fourth-order valence-corrected chi connectivity index (χ4v) is 3.40. The molecule has 0 amide bonds. The molecule has 25 heavy (non-hydrogen) atoms. The zero-order chi connectivity index (χ0) is 18.5. The van der Waals surface area contributed by atoms with E-state index in [9.17, 15) is 9.59 Å². The maximum Gasteiger partial charge on any atom is 0.351 e. The van der Waals surface area contributed by atoms with Gasteiger partial charge in [-0.3, -0.25) is 4.79 Å². The van der Waals surface area contributed by atoms with Crippen molar-refractivity contribution < 1.29 is 23.8 Å². The van der Waals surface area contributed by atoms with Crippen molar-refractivity contribution in [1.82, 2.24) is 0 Å². The maximum absolute atomic E-state index is 13.0. The van der Waals surface area contributed by atoms with E-state index in [1.54, 1.807) is 33.9 Å². The van der Waals surface area contributed by atoms with Crippen LogP contribution >= 0.6 is 0 Å². The van der Waals surface area contributed by atoms with Crippen LogP contribution in [0.3, 0.4) is 0 Å². The number of hydrogen-bond acceptors (Lipinski definition) is 5. The molecule has 2 aliphatic rings. The summed E-state index contributed by atoms with van der Waals surface area (Å²) >= 11 is 0. The quantitative estimate of drug-likeness (QED) is 0.622. The van der Waals surface area contributed by atoms with Gasteiger partial charge in [-0.1, -0.05) is 12.1 Å². The Morgan fingerprint density at radius 3 is 2.64 bits per heavy atom. The molecule has 5 nitrogen and oxygen atoms in total. The molecule has 0 unspecified atom stereocenters. The van der Waals surface area contributed by atoms with E-state index in [-0.39, 0.29) is 12.2 Å². The summed E-state index contributed by atoms with van der Waals surface area (Å²) in [6.45, 7) is 7.22. The smallest absolute Gasteiger partial charge is 0.351 e. The van der Waals surface area contributed by atoms with Gasteiger partial charge in [0.05, 0.1) is 12.7 Å². The lowest BCUT2D eigenvalue weighted by atomic mass is 9.84. The minimum atomic E-state index is -1.70. The number of Topliss-reactive ketones (excluding diaryl/α,β-unsaturated/α-hetero) is 1. The molecule has 0 N–H and O–H groups in total. The van der Waals surface area contributed by atoms with E-state index in [4.69, 9.17) is 14.2 Å². The second kappa shape index (κ2) is 5.70. The van der Waals surface area contributed by atoms with Crippen LogP contribution in [0.1, 0.15) is 46.1 Å². The van der Waals surface area contributed by atoms with E-state index in [1.165, 1.54) is 0 Å². The van der Waals surface area contributed by atoms with Crippen molar-refractivity contribution in [2.24, 2.45) is 0 Å². The second-order valence-corrected chi connectivity index (χ2v) is 7.81. The van der Waals surface area contributed by atoms with Crippen LogP contribution in [0, 0.1) is 0 Å². The average molecular weight is 344 g/mol. The predicted octanol–water partition coefficient (Wildman–Crippen LogP) is 3.31. The zero-order valence-electron chi connectivity index (χ0n) is 15.3. The predicted molar refractivity (Wildman–Crippen MR) is 93.3 cm³/mol. The first kappa shape index (κ1) is 17.7. The van der Waals surface area contributed by atoms with Gasteiger partial charge in [0.2, 0.25) is 5.60 Å². The molecule has 2 bridgehead atoms. The van der Waals surface area contributed by atoms with Gasteiger partial charge in [-0.15, -0.1) is 0 Å². The summed E-state index contributed by atoms with van der Waals surface area (Å²) in [6.07, 6.45) is 2.71. The molecule has 134 valence electrons. The van der Waals surface area contributed by atoms with Crippen LogP contribution in [0.4, 0.5) is 0 Å². The van der Waals surface area contributed by atoms with Crippen LogP contribution in [-0.4, -0.2) is 35.7 Å². The molecule has 1 aromatic rings. The van der Waals surface area contributed by atoms with Crippen LogP contribution in [0.2, 0.25) is 0 Å². The first-order valence-corrected chi connectivity index (χ1v) is 8.44. The van der Waals surface area contributed by atoms with Crippen LogP contribution < -0.4 is 4.74 Å². The van der Waals surface area contributed by atoms with Gasteiger partial charge in [0.1, 0.15) is 11.4 Å². The third-order valence-electron chi connectivity index (χ3n) is 4.52. The molecule has 0 aliphatic carbocycles. The Kier molecular flexibility index (Phi) is 4.03. The molecule has 1 aromatic carbocycles. The summed E-state index contributed by atoms with van der Waals surface area (Å²) in [5, 5.41) is 0. The highest BCUT2D eigenvalue weighted by Crippen LogP contribution is 2.50. The van der Waals surface area contributed by atoms with Crippen LogP contribution in [0.25, 0.3) is 5.57 Å². The number of hydrogen-bond donors (Lipinski definition) is 0. The Hall–Kier alpha value is -2.14. The first-order chi connectivity index (χ1) is 11.6. The van der Waals surface area contributed by atoms with Gasteiger partial charge in [0.15, 0.2) is 5.78 Å². The Morgan fingerprint density at radius 1 is 1.28 bits per heavy atom. The highest BCUT2D eigenvalue weighted by atomic mass is 16.6. The van der Waals surface area contributed by atoms with Gasteiger partial charge in [-0.05, 0) is 57.9 Å². The number of benzene rings is 1. The fraction of sp³-hybridized carbons (Fsp3) is 0.500. The average Bonchev–Trinajstić information content (AvgIpc) is 2.81. The van der Waals surface area contributed by atoms with E-state index < -0.39 is 22.8 Å². The van der Waals surface area contributed by atoms with Crippen LogP contribution in [-0.2, 0) is 19.1 Å². The van der Waals surface area contributed by atoms with E-state index >= 15 is 0 Å². The van der Waals surface area contributed by atoms with Crippen molar-refractivity contribution in [3.05, 3.63) is 35.9 Å². The molecular weight excluding hydrogens is 320 g/mol. The number of ether oxygens (including phenoxy) is 3. The van der Waals surface area contributed by atoms with E-state index in [2.05, 4.69) is 0 Å². The highest BCUT2D eigenvalue weighted by molar-refractivity contribution is 6.20. The molecule has 0 saturated carbocycles. The molecular formula is C20H24O5. The molecule has 5 heteroatoms. The molecule has 0 spiro atoms. The zero-order valence-corrected chi connectivity index (χ0v) is 15.3. The van der Waals surface area contributed by atoms with Crippen molar-refractivity contribution in [1.29, 1.82) is 0 Å². The third kappa shape index (κ3) is 2.97. The number of rotatable bonds is 3. The summed E-state index contributed by atoms with van der Waals surface area (Å²) < 4.78 is 16.9. The van der Waals surface area contributed by atoms with Crippen LogP contribution in [0.5, 0.6) is 5.75 Å². The summed E-state index contributed by atoms with van der Waals surface area (Å²) in [7, 11) is 1.58.